The summed E-state index contributed by atoms with van der Waals surface area (Å²) >= 11 is 5.91. The van der Waals surface area contributed by atoms with Gasteiger partial charge in [0.15, 0.2) is 0 Å². The van der Waals surface area contributed by atoms with Crippen LogP contribution in [-0.2, 0) is 24.2 Å². The first-order chi connectivity index (χ1) is 10.2. The van der Waals surface area contributed by atoms with Gasteiger partial charge in [-0.3, -0.25) is 4.79 Å². The molecule has 0 aromatic heterocycles. The van der Waals surface area contributed by atoms with Crippen molar-refractivity contribution in [2.24, 2.45) is 0 Å². The van der Waals surface area contributed by atoms with Gasteiger partial charge in [0.1, 0.15) is 5.75 Å². The van der Waals surface area contributed by atoms with E-state index in [4.69, 9.17) is 16.3 Å². The molecular formula is C17H16ClNO2. The van der Waals surface area contributed by atoms with E-state index >= 15 is 0 Å². The third-order valence-corrected chi connectivity index (χ3v) is 3.73. The van der Waals surface area contributed by atoms with Crippen molar-refractivity contribution in [1.29, 1.82) is 0 Å². The largest absolute Gasteiger partial charge is 0.493 e. The van der Waals surface area contributed by atoms with Gasteiger partial charge in [-0.25, -0.2) is 0 Å². The van der Waals surface area contributed by atoms with E-state index in [2.05, 4.69) is 11.4 Å². The molecule has 2 aromatic carbocycles. The second-order valence-electron chi connectivity index (χ2n) is 5.12. The Balaban J connectivity index is 1.56. The van der Waals surface area contributed by atoms with Crippen molar-refractivity contribution in [1.82, 2.24) is 5.32 Å². The standard InChI is InChI=1S/C17H16ClNO2/c18-15-3-1-2-12(9-15)10-17(20)19-11-13-4-5-16-14(8-13)6-7-21-16/h1-5,8-9H,6-7,10-11H2,(H,19,20). The van der Waals surface area contributed by atoms with Crippen molar-refractivity contribution in [2.45, 2.75) is 19.4 Å². The molecule has 1 aliphatic rings. The zero-order valence-corrected chi connectivity index (χ0v) is 12.3. The molecule has 0 bridgehead atoms. The number of fused-ring (bicyclic) bond motifs is 1. The predicted molar refractivity (Wildman–Crippen MR) is 82.6 cm³/mol. The van der Waals surface area contributed by atoms with E-state index in [1.807, 2.05) is 30.3 Å². The first kappa shape index (κ1) is 14.0. The van der Waals surface area contributed by atoms with Gasteiger partial charge in [0.05, 0.1) is 13.0 Å². The fourth-order valence-electron chi connectivity index (χ4n) is 2.45. The molecule has 1 heterocycles. The van der Waals surface area contributed by atoms with Crippen LogP contribution in [0, 0.1) is 0 Å². The van der Waals surface area contributed by atoms with Crippen LogP contribution in [0.15, 0.2) is 42.5 Å². The Hall–Kier alpha value is -2.00. The quantitative estimate of drug-likeness (QED) is 0.942. The summed E-state index contributed by atoms with van der Waals surface area (Å²) in [7, 11) is 0. The molecule has 1 N–H and O–H groups in total. The summed E-state index contributed by atoms with van der Waals surface area (Å²) in [5.41, 5.74) is 3.23. The highest BCUT2D eigenvalue weighted by Gasteiger charge is 2.12. The van der Waals surface area contributed by atoms with Crippen molar-refractivity contribution in [3.8, 4) is 5.75 Å². The summed E-state index contributed by atoms with van der Waals surface area (Å²) in [6.07, 6.45) is 1.29. The number of carbonyl (C=O) groups is 1. The summed E-state index contributed by atoms with van der Waals surface area (Å²) in [5.74, 6) is 0.956. The number of rotatable bonds is 4. The molecule has 0 aliphatic carbocycles. The van der Waals surface area contributed by atoms with Crippen LogP contribution >= 0.6 is 11.6 Å². The highest BCUT2D eigenvalue weighted by atomic mass is 35.5. The molecule has 108 valence electrons. The van der Waals surface area contributed by atoms with E-state index in [1.54, 1.807) is 6.07 Å². The lowest BCUT2D eigenvalue weighted by Crippen LogP contribution is -2.24. The molecule has 21 heavy (non-hydrogen) atoms. The smallest absolute Gasteiger partial charge is 0.224 e. The van der Waals surface area contributed by atoms with Gasteiger partial charge in [0.2, 0.25) is 5.91 Å². The van der Waals surface area contributed by atoms with Gasteiger partial charge in [-0.2, -0.15) is 0 Å². The van der Waals surface area contributed by atoms with Gasteiger partial charge < -0.3 is 10.1 Å². The minimum absolute atomic E-state index is 0.00554. The van der Waals surface area contributed by atoms with Crippen LogP contribution in [0.2, 0.25) is 5.02 Å². The maximum atomic E-state index is 12.0. The van der Waals surface area contributed by atoms with Crippen molar-refractivity contribution < 1.29 is 9.53 Å². The van der Waals surface area contributed by atoms with Gasteiger partial charge >= 0.3 is 0 Å². The number of ether oxygens (including phenoxy) is 1. The van der Waals surface area contributed by atoms with Crippen molar-refractivity contribution in [2.75, 3.05) is 6.61 Å². The summed E-state index contributed by atoms with van der Waals surface area (Å²) in [5, 5.41) is 3.59. The molecule has 0 fully saturated rings. The zero-order valence-electron chi connectivity index (χ0n) is 11.6. The maximum absolute atomic E-state index is 12.0. The molecule has 1 aliphatic heterocycles. The van der Waals surface area contributed by atoms with Crippen LogP contribution in [0.3, 0.4) is 0 Å². The van der Waals surface area contributed by atoms with E-state index < -0.39 is 0 Å². The third-order valence-electron chi connectivity index (χ3n) is 3.50. The maximum Gasteiger partial charge on any atom is 0.224 e. The fourth-order valence-corrected chi connectivity index (χ4v) is 2.66. The number of nitrogens with one attached hydrogen (secondary N) is 1. The Kier molecular flexibility index (Phi) is 4.11. The molecule has 4 heteroatoms. The third kappa shape index (κ3) is 3.56. The van der Waals surface area contributed by atoms with E-state index in [1.165, 1.54) is 5.56 Å². The van der Waals surface area contributed by atoms with Crippen LogP contribution < -0.4 is 10.1 Å². The molecule has 0 spiro atoms. The minimum Gasteiger partial charge on any atom is -0.493 e. The number of halogens is 1. The lowest BCUT2D eigenvalue weighted by atomic mass is 10.1. The van der Waals surface area contributed by atoms with Crippen LogP contribution in [0.1, 0.15) is 16.7 Å². The highest BCUT2D eigenvalue weighted by Crippen LogP contribution is 2.25. The number of amides is 1. The molecule has 3 rings (SSSR count). The number of hydrogen-bond acceptors (Lipinski definition) is 2. The number of hydrogen-bond donors (Lipinski definition) is 1. The lowest BCUT2D eigenvalue weighted by molar-refractivity contribution is -0.120. The van der Waals surface area contributed by atoms with Gasteiger partial charge in [0.25, 0.3) is 0 Å². The van der Waals surface area contributed by atoms with E-state index in [0.29, 0.717) is 18.0 Å². The summed E-state index contributed by atoms with van der Waals surface area (Å²) in [4.78, 5) is 12.0. The molecule has 3 nitrogen and oxygen atoms in total. The Morgan fingerprint density at radius 2 is 2.10 bits per heavy atom. The van der Waals surface area contributed by atoms with E-state index in [0.717, 1.165) is 29.9 Å². The molecule has 0 unspecified atom stereocenters. The molecule has 1 amide bonds. The second-order valence-corrected chi connectivity index (χ2v) is 5.56. The predicted octanol–water partition coefficient (Wildman–Crippen LogP) is 3.13. The molecule has 0 atom stereocenters. The zero-order chi connectivity index (χ0) is 14.7. The highest BCUT2D eigenvalue weighted by molar-refractivity contribution is 6.30. The summed E-state index contributed by atoms with van der Waals surface area (Å²) < 4.78 is 5.47. The van der Waals surface area contributed by atoms with E-state index in [9.17, 15) is 4.79 Å². The van der Waals surface area contributed by atoms with Crippen LogP contribution in [-0.4, -0.2) is 12.5 Å². The Labute approximate surface area is 128 Å². The summed E-state index contributed by atoms with van der Waals surface area (Å²) in [6.45, 7) is 1.28. The lowest BCUT2D eigenvalue weighted by Gasteiger charge is -2.07. The van der Waals surface area contributed by atoms with Gasteiger partial charge in [-0.05, 0) is 34.9 Å². The van der Waals surface area contributed by atoms with Crippen LogP contribution in [0.5, 0.6) is 5.75 Å². The summed E-state index contributed by atoms with van der Waals surface area (Å²) in [6, 6.07) is 13.4. The number of carbonyl (C=O) groups excluding carboxylic acids is 1. The molecule has 0 saturated heterocycles. The van der Waals surface area contributed by atoms with Crippen molar-refractivity contribution in [3.63, 3.8) is 0 Å². The van der Waals surface area contributed by atoms with Gasteiger partial charge in [-0.15, -0.1) is 0 Å². The first-order valence-corrected chi connectivity index (χ1v) is 7.34. The van der Waals surface area contributed by atoms with Crippen molar-refractivity contribution >= 4 is 17.5 Å². The minimum atomic E-state index is -0.00554. The average molecular weight is 302 g/mol. The fraction of sp³-hybridized carbons (Fsp3) is 0.235. The van der Waals surface area contributed by atoms with Crippen LogP contribution in [0.25, 0.3) is 0 Å². The second kappa shape index (κ2) is 6.19. The normalized spacial score (nSPS) is 12.6. The first-order valence-electron chi connectivity index (χ1n) is 6.96. The Morgan fingerprint density at radius 1 is 1.19 bits per heavy atom. The SMILES string of the molecule is O=C(Cc1cccc(Cl)c1)NCc1ccc2c(c1)CCO2. The topological polar surface area (TPSA) is 38.3 Å². The monoisotopic (exact) mass is 301 g/mol. The van der Waals surface area contributed by atoms with Gasteiger partial charge in [0, 0.05) is 18.0 Å². The van der Waals surface area contributed by atoms with E-state index in [-0.39, 0.29) is 5.91 Å². The number of benzene rings is 2. The van der Waals surface area contributed by atoms with Crippen LogP contribution in [0.4, 0.5) is 0 Å². The molecular weight excluding hydrogens is 286 g/mol. The molecule has 0 radical (unpaired) electrons. The van der Waals surface area contributed by atoms with Crippen molar-refractivity contribution in [3.05, 3.63) is 64.2 Å². The molecule has 2 aromatic rings. The molecule has 0 saturated carbocycles. The van der Waals surface area contributed by atoms with Gasteiger partial charge in [-0.1, -0.05) is 35.9 Å². The Morgan fingerprint density at radius 3 is 2.95 bits per heavy atom. The Bertz CT molecular complexity index is 670. The average Bonchev–Trinajstić information content (AvgIpc) is 2.92.